The smallest absolute Gasteiger partial charge is 0.223 e. The molecule has 1 aromatic carbocycles. The van der Waals surface area contributed by atoms with Crippen LogP contribution in [-0.2, 0) is 11.2 Å². The molecule has 0 N–H and O–H groups in total. The molecule has 0 aromatic heterocycles. The van der Waals surface area contributed by atoms with Gasteiger partial charge in [0, 0.05) is 24.5 Å². The van der Waals surface area contributed by atoms with E-state index in [0.717, 1.165) is 24.5 Å². The van der Waals surface area contributed by atoms with Gasteiger partial charge in [-0.1, -0.05) is 24.3 Å². The molecule has 2 aliphatic heterocycles. The van der Waals surface area contributed by atoms with Crippen molar-refractivity contribution < 1.29 is 4.79 Å². The van der Waals surface area contributed by atoms with Gasteiger partial charge in [-0.2, -0.15) is 11.8 Å². The lowest BCUT2D eigenvalue weighted by Crippen LogP contribution is -2.39. The molecule has 0 aliphatic carbocycles. The van der Waals surface area contributed by atoms with E-state index in [-0.39, 0.29) is 0 Å². The SMILES string of the molecule is O=C1CCc2ccccc2C2CSCCN12. The molecule has 3 rings (SSSR count). The van der Waals surface area contributed by atoms with Crippen LogP contribution >= 0.6 is 11.8 Å². The molecule has 1 saturated heterocycles. The summed E-state index contributed by atoms with van der Waals surface area (Å²) >= 11 is 1.96. The van der Waals surface area contributed by atoms with Crippen LogP contribution in [0.3, 0.4) is 0 Å². The first kappa shape index (κ1) is 10.2. The Labute approximate surface area is 100 Å². The van der Waals surface area contributed by atoms with Crippen LogP contribution in [-0.4, -0.2) is 28.9 Å². The van der Waals surface area contributed by atoms with Gasteiger partial charge < -0.3 is 4.90 Å². The fourth-order valence-electron chi connectivity index (χ4n) is 2.63. The lowest BCUT2D eigenvalue weighted by Gasteiger charge is -2.34. The molecular weight excluding hydrogens is 218 g/mol. The topological polar surface area (TPSA) is 20.3 Å². The number of thioether (sulfide) groups is 1. The van der Waals surface area contributed by atoms with Gasteiger partial charge in [-0.05, 0) is 17.5 Å². The zero-order valence-corrected chi connectivity index (χ0v) is 10.0. The first-order valence-electron chi connectivity index (χ1n) is 5.81. The van der Waals surface area contributed by atoms with Crippen LogP contribution in [0, 0.1) is 0 Å². The molecule has 0 radical (unpaired) electrons. The molecule has 2 heterocycles. The quantitative estimate of drug-likeness (QED) is 0.685. The van der Waals surface area contributed by atoms with E-state index in [2.05, 4.69) is 29.2 Å². The number of carbonyl (C=O) groups is 1. The lowest BCUT2D eigenvalue weighted by atomic mass is 9.99. The number of fused-ring (bicyclic) bond motifs is 3. The van der Waals surface area contributed by atoms with Gasteiger partial charge in [0.2, 0.25) is 5.91 Å². The van der Waals surface area contributed by atoms with Gasteiger partial charge in [0.1, 0.15) is 0 Å². The van der Waals surface area contributed by atoms with Crippen molar-refractivity contribution in [2.75, 3.05) is 18.1 Å². The van der Waals surface area contributed by atoms with E-state index in [1.807, 2.05) is 11.8 Å². The fraction of sp³-hybridized carbons (Fsp3) is 0.462. The number of hydrogen-bond donors (Lipinski definition) is 0. The molecule has 0 saturated carbocycles. The van der Waals surface area contributed by atoms with Crippen LogP contribution in [0.1, 0.15) is 23.6 Å². The van der Waals surface area contributed by atoms with Gasteiger partial charge in [0.15, 0.2) is 0 Å². The first-order chi connectivity index (χ1) is 7.86. The molecule has 1 aromatic rings. The van der Waals surface area contributed by atoms with Crippen LogP contribution in [0.15, 0.2) is 24.3 Å². The maximum absolute atomic E-state index is 12.0. The van der Waals surface area contributed by atoms with Gasteiger partial charge in [0.05, 0.1) is 6.04 Å². The normalized spacial score (nSPS) is 24.6. The first-order valence-corrected chi connectivity index (χ1v) is 6.97. The van der Waals surface area contributed by atoms with Crippen LogP contribution in [0.25, 0.3) is 0 Å². The second-order valence-corrected chi connectivity index (χ2v) is 5.53. The Bertz CT molecular complexity index is 418. The van der Waals surface area contributed by atoms with Crippen LogP contribution in [0.5, 0.6) is 0 Å². The summed E-state index contributed by atoms with van der Waals surface area (Å²) in [4.78, 5) is 14.1. The summed E-state index contributed by atoms with van der Waals surface area (Å²) in [6.45, 7) is 0.919. The number of benzene rings is 1. The second kappa shape index (κ2) is 4.13. The highest BCUT2D eigenvalue weighted by atomic mass is 32.2. The Morgan fingerprint density at radius 3 is 3.06 bits per heavy atom. The average Bonchev–Trinajstić information content (AvgIpc) is 2.49. The monoisotopic (exact) mass is 233 g/mol. The Morgan fingerprint density at radius 1 is 1.25 bits per heavy atom. The minimum Gasteiger partial charge on any atom is -0.334 e. The number of amides is 1. The molecule has 3 heteroatoms. The van der Waals surface area contributed by atoms with E-state index in [0.29, 0.717) is 18.4 Å². The summed E-state index contributed by atoms with van der Waals surface area (Å²) in [6, 6.07) is 8.86. The van der Waals surface area contributed by atoms with Crippen molar-refractivity contribution in [2.45, 2.75) is 18.9 Å². The molecule has 1 amide bonds. The maximum Gasteiger partial charge on any atom is 0.223 e. The van der Waals surface area contributed by atoms with Crippen molar-refractivity contribution in [2.24, 2.45) is 0 Å². The summed E-state index contributed by atoms with van der Waals surface area (Å²) < 4.78 is 0. The highest BCUT2D eigenvalue weighted by Crippen LogP contribution is 2.34. The average molecular weight is 233 g/mol. The zero-order chi connectivity index (χ0) is 11.0. The van der Waals surface area contributed by atoms with E-state index in [9.17, 15) is 4.79 Å². The fourth-order valence-corrected chi connectivity index (χ4v) is 3.71. The third-order valence-electron chi connectivity index (χ3n) is 3.47. The maximum atomic E-state index is 12.0. The lowest BCUT2D eigenvalue weighted by molar-refractivity contribution is -0.132. The molecular formula is C13H15NOS. The Balaban J connectivity index is 2.05. The second-order valence-electron chi connectivity index (χ2n) is 4.38. The third kappa shape index (κ3) is 1.63. The van der Waals surface area contributed by atoms with Gasteiger partial charge in [0.25, 0.3) is 0 Å². The van der Waals surface area contributed by atoms with Gasteiger partial charge in [-0.25, -0.2) is 0 Å². The Hall–Kier alpha value is -0.960. The minimum absolute atomic E-state index is 0.324. The van der Waals surface area contributed by atoms with Crippen LogP contribution in [0.4, 0.5) is 0 Å². The van der Waals surface area contributed by atoms with E-state index >= 15 is 0 Å². The minimum atomic E-state index is 0.324. The number of aryl methyl sites for hydroxylation is 1. The summed E-state index contributed by atoms with van der Waals surface area (Å²) in [7, 11) is 0. The third-order valence-corrected chi connectivity index (χ3v) is 4.49. The van der Waals surface area contributed by atoms with Crippen molar-refractivity contribution in [3.8, 4) is 0 Å². The largest absolute Gasteiger partial charge is 0.334 e. The van der Waals surface area contributed by atoms with Crippen molar-refractivity contribution in [1.29, 1.82) is 0 Å². The molecule has 2 nitrogen and oxygen atoms in total. The summed E-state index contributed by atoms with van der Waals surface area (Å²) in [5, 5.41) is 0. The molecule has 0 spiro atoms. The van der Waals surface area contributed by atoms with Crippen LogP contribution < -0.4 is 0 Å². The Kier molecular flexibility index (Phi) is 2.64. The van der Waals surface area contributed by atoms with Crippen LogP contribution in [0.2, 0.25) is 0 Å². The summed E-state index contributed by atoms with van der Waals surface area (Å²) in [5.74, 6) is 2.48. The summed E-state index contributed by atoms with van der Waals surface area (Å²) in [5.41, 5.74) is 2.74. The van der Waals surface area contributed by atoms with Gasteiger partial charge >= 0.3 is 0 Å². The van der Waals surface area contributed by atoms with Gasteiger partial charge in [-0.3, -0.25) is 4.79 Å². The van der Waals surface area contributed by atoms with Crippen molar-refractivity contribution in [3.63, 3.8) is 0 Å². The van der Waals surface area contributed by atoms with E-state index in [4.69, 9.17) is 0 Å². The van der Waals surface area contributed by atoms with Crippen molar-refractivity contribution in [1.82, 2.24) is 4.90 Å². The molecule has 1 atom stereocenters. The zero-order valence-electron chi connectivity index (χ0n) is 9.19. The molecule has 84 valence electrons. The van der Waals surface area contributed by atoms with E-state index in [1.165, 1.54) is 11.1 Å². The van der Waals surface area contributed by atoms with E-state index < -0.39 is 0 Å². The predicted octanol–water partition coefficient (Wildman–Crippen LogP) is 2.25. The Morgan fingerprint density at radius 2 is 2.12 bits per heavy atom. The number of hydrogen-bond acceptors (Lipinski definition) is 2. The molecule has 1 unspecified atom stereocenters. The number of nitrogens with zero attached hydrogens (tertiary/aromatic N) is 1. The standard InChI is InChI=1S/C13H15NOS/c15-13-6-5-10-3-1-2-4-11(10)12-9-16-8-7-14(12)13/h1-4,12H,5-9H2. The molecule has 2 aliphatic rings. The highest BCUT2D eigenvalue weighted by molar-refractivity contribution is 7.99. The van der Waals surface area contributed by atoms with E-state index in [1.54, 1.807) is 0 Å². The van der Waals surface area contributed by atoms with Gasteiger partial charge in [-0.15, -0.1) is 0 Å². The molecule has 16 heavy (non-hydrogen) atoms. The highest BCUT2D eigenvalue weighted by Gasteiger charge is 2.31. The summed E-state index contributed by atoms with van der Waals surface area (Å²) in [6.07, 6.45) is 1.59. The van der Waals surface area contributed by atoms with Crippen molar-refractivity contribution in [3.05, 3.63) is 35.4 Å². The van der Waals surface area contributed by atoms with Crippen molar-refractivity contribution >= 4 is 17.7 Å². The number of rotatable bonds is 0. The molecule has 1 fully saturated rings. The molecule has 0 bridgehead atoms. The predicted molar refractivity (Wildman–Crippen MR) is 66.5 cm³/mol. The number of carbonyl (C=O) groups excluding carboxylic acids is 1.